The van der Waals surface area contributed by atoms with Crippen LogP contribution >= 0.6 is 0 Å². The Balaban J connectivity index is 1.62. The number of hydrogen-bond donors (Lipinski definition) is 2. The molecule has 0 aliphatic carbocycles. The lowest BCUT2D eigenvalue weighted by molar-refractivity contribution is -0.152. The summed E-state index contributed by atoms with van der Waals surface area (Å²) in [6, 6.07) is 20.4. The minimum absolute atomic E-state index is 0.128. The van der Waals surface area contributed by atoms with Gasteiger partial charge in [-0.2, -0.15) is 0 Å². The molecule has 178 valence electrons. The number of carboxylic acid groups (broad SMARTS) is 1. The molecule has 6 heteroatoms. The van der Waals surface area contributed by atoms with Gasteiger partial charge in [-0.1, -0.05) is 38.1 Å². The van der Waals surface area contributed by atoms with Crippen LogP contribution in [0.25, 0.3) is 0 Å². The van der Waals surface area contributed by atoms with Gasteiger partial charge >= 0.3 is 5.97 Å². The first-order valence-corrected chi connectivity index (χ1v) is 11.2. The first-order valence-electron chi connectivity index (χ1n) is 11.2. The molecule has 2 N–H and O–H groups in total. The fourth-order valence-electron chi connectivity index (χ4n) is 3.28. The predicted molar refractivity (Wildman–Crippen MR) is 132 cm³/mol. The van der Waals surface area contributed by atoms with E-state index in [4.69, 9.17) is 9.47 Å². The van der Waals surface area contributed by atoms with E-state index in [1.165, 1.54) is 19.4 Å². The smallest absolute Gasteiger partial charge is 0.347 e. The van der Waals surface area contributed by atoms with Crippen molar-refractivity contribution >= 4 is 11.9 Å². The van der Waals surface area contributed by atoms with Crippen LogP contribution in [0.5, 0.6) is 17.2 Å². The van der Waals surface area contributed by atoms with Crippen molar-refractivity contribution in [1.29, 1.82) is 0 Å². The lowest BCUT2D eigenvalue weighted by Crippen LogP contribution is -2.38. The van der Waals surface area contributed by atoms with Gasteiger partial charge in [-0.05, 0) is 85.8 Å². The predicted octanol–water partition coefficient (Wildman–Crippen LogP) is 6.08. The van der Waals surface area contributed by atoms with Gasteiger partial charge in [-0.3, -0.25) is 4.79 Å². The molecule has 0 bridgehead atoms. The normalized spacial score (nSPS) is 11.2. The monoisotopic (exact) mass is 461 g/mol. The van der Waals surface area contributed by atoms with Crippen molar-refractivity contribution in [3.8, 4) is 17.2 Å². The van der Waals surface area contributed by atoms with E-state index in [-0.39, 0.29) is 5.91 Å². The van der Waals surface area contributed by atoms with Gasteiger partial charge in [0.05, 0.1) is 0 Å². The van der Waals surface area contributed by atoms with Crippen molar-refractivity contribution in [2.24, 2.45) is 0 Å². The first kappa shape index (κ1) is 24.8. The highest BCUT2D eigenvalue weighted by Gasteiger charge is 2.29. The standard InChI is InChI=1S/C28H31NO5/c1-18(2)21-9-11-22(12-10-21)26(30)29-17-20-7-6-8-23(16-20)33-24-13-14-25(19(3)15-24)34-28(4,5)27(31)32/h6-16,18H,17H2,1-5H3,(H,29,30)(H,31,32). The minimum atomic E-state index is -1.33. The van der Waals surface area contributed by atoms with Crippen LogP contribution in [-0.4, -0.2) is 22.6 Å². The molecule has 3 rings (SSSR count). The number of carbonyl (C=O) groups is 2. The van der Waals surface area contributed by atoms with Gasteiger partial charge in [0.1, 0.15) is 17.2 Å². The number of benzene rings is 3. The van der Waals surface area contributed by atoms with Crippen LogP contribution in [-0.2, 0) is 11.3 Å². The Hall–Kier alpha value is -3.80. The van der Waals surface area contributed by atoms with Crippen molar-refractivity contribution < 1.29 is 24.2 Å². The summed E-state index contributed by atoms with van der Waals surface area (Å²) in [6.07, 6.45) is 0. The van der Waals surface area contributed by atoms with Crippen molar-refractivity contribution in [2.75, 3.05) is 0 Å². The number of rotatable bonds is 9. The molecule has 0 aliphatic rings. The van der Waals surface area contributed by atoms with E-state index >= 15 is 0 Å². The van der Waals surface area contributed by atoms with Crippen molar-refractivity contribution in [3.63, 3.8) is 0 Å². The first-order chi connectivity index (χ1) is 16.0. The minimum Gasteiger partial charge on any atom is -0.478 e. The molecule has 1 amide bonds. The number of aryl methyl sites for hydroxylation is 1. The molecule has 3 aromatic carbocycles. The number of ether oxygens (including phenoxy) is 2. The van der Waals surface area contributed by atoms with Gasteiger partial charge in [0.2, 0.25) is 0 Å². The summed E-state index contributed by atoms with van der Waals surface area (Å²) >= 11 is 0. The summed E-state index contributed by atoms with van der Waals surface area (Å²) in [7, 11) is 0. The maximum absolute atomic E-state index is 12.5. The Morgan fingerprint density at radius 3 is 2.26 bits per heavy atom. The number of aliphatic carboxylic acids is 1. The lowest BCUT2D eigenvalue weighted by Gasteiger charge is -2.23. The molecule has 0 heterocycles. The summed E-state index contributed by atoms with van der Waals surface area (Å²) in [5.41, 5.74) is 2.16. The van der Waals surface area contributed by atoms with Crippen LogP contribution in [0.3, 0.4) is 0 Å². The van der Waals surface area contributed by atoms with Crippen molar-refractivity contribution in [2.45, 2.75) is 52.7 Å². The highest BCUT2D eigenvalue weighted by Crippen LogP contribution is 2.30. The molecule has 0 aromatic heterocycles. The maximum atomic E-state index is 12.5. The van der Waals surface area contributed by atoms with E-state index in [2.05, 4.69) is 19.2 Å². The molecular weight excluding hydrogens is 430 g/mol. The van der Waals surface area contributed by atoms with Crippen LogP contribution in [0.1, 0.15) is 60.7 Å². The topological polar surface area (TPSA) is 84.9 Å². The molecule has 0 radical (unpaired) electrons. The molecule has 0 fully saturated rings. The number of carbonyl (C=O) groups excluding carboxylic acids is 1. The third-order valence-electron chi connectivity index (χ3n) is 5.45. The summed E-state index contributed by atoms with van der Waals surface area (Å²) in [4.78, 5) is 23.8. The number of carboxylic acids is 1. The zero-order valence-corrected chi connectivity index (χ0v) is 20.2. The number of hydrogen-bond acceptors (Lipinski definition) is 4. The fourth-order valence-corrected chi connectivity index (χ4v) is 3.28. The van der Waals surface area contributed by atoms with E-state index in [1.54, 1.807) is 18.2 Å². The average Bonchev–Trinajstić information content (AvgIpc) is 2.79. The highest BCUT2D eigenvalue weighted by molar-refractivity contribution is 5.94. The Morgan fingerprint density at radius 1 is 0.971 bits per heavy atom. The summed E-state index contributed by atoms with van der Waals surface area (Å²) in [6.45, 7) is 9.45. The molecule has 0 saturated heterocycles. The Morgan fingerprint density at radius 2 is 1.65 bits per heavy atom. The molecule has 3 aromatic rings. The Bertz CT molecular complexity index is 1170. The van der Waals surface area contributed by atoms with Crippen LogP contribution < -0.4 is 14.8 Å². The molecule has 0 unspecified atom stereocenters. The number of nitrogens with one attached hydrogen (secondary N) is 1. The molecule has 0 atom stereocenters. The fraction of sp³-hybridized carbons (Fsp3) is 0.286. The SMILES string of the molecule is Cc1cc(Oc2cccc(CNC(=O)c3ccc(C(C)C)cc3)c2)ccc1OC(C)(C)C(=O)O. The van der Waals surface area contributed by atoms with E-state index in [1.807, 2.05) is 55.5 Å². The largest absolute Gasteiger partial charge is 0.478 e. The zero-order valence-electron chi connectivity index (χ0n) is 20.2. The van der Waals surface area contributed by atoms with Crippen LogP contribution in [0, 0.1) is 6.92 Å². The summed E-state index contributed by atoms with van der Waals surface area (Å²) in [5.74, 6) is 0.971. The van der Waals surface area contributed by atoms with E-state index < -0.39 is 11.6 Å². The maximum Gasteiger partial charge on any atom is 0.347 e. The Kier molecular flexibility index (Phi) is 7.61. The molecule has 34 heavy (non-hydrogen) atoms. The van der Waals surface area contributed by atoms with Gasteiger partial charge in [-0.25, -0.2) is 4.79 Å². The Labute approximate surface area is 200 Å². The van der Waals surface area contributed by atoms with E-state index in [0.29, 0.717) is 35.3 Å². The zero-order chi connectivity index (χ0) is 24.9. The second kappa shape index (κ2) is 10.4. The third-order valence-corrected chi connectivity index (χ3v) is 5.45. The van der Waals surface area contributed by atoms with E-state index in [0.717, 1.165) is 11.1 Å². The highest BCUT2D eigenvalue weighted by atomic mass is 16.5. The summed E-state index contributed by atoms with van der Waals surface area (Å²) in [5, 5.41) is 12.2. The van der Waals surface area contributed by atoms with Gasteiger partial charge < -0.3 is 19.9 Å². The third kappa shape index (κ3) is 6.38. The average molecular weight is 462 g/mol. The van der Waals surface area contributed by atoms with E-state index in [9.17, 15) is 14.7 Å². The van der Waals surface area contributed by atoms with Crippen LogP contribution in [0.4, 0.5) is 0 Å². The summed E-state index contributed by atoms with van der Waals surface area (Å²) < 4.78 is 11.6. The quantitative estimate of drug-likeness (QED) is 0.403. The number of amides is 1. The molecular formula is C28H31NO5. The van der Waals surface area contributed by atoms with Gasteiger partial charge in [0, 0.05) is 12.1 Å². The van der Waals surface area contributed by atoms with Gasteiger partial charge in [-0.15, -0.1) is 0 Å². The molecule has 0 aliphatic heterocycles. The second-order valence-corrected chi connectivity index (χ2v) is 9.05. The second-order valence-electron chi connectivity index (χ2n) is 9.05. The van der Waals surface area contributed by atoms with Crippen molar-refractivity contribution in [3.05, 3.63) is 89.0 Å². The van der Waals surface area contributed by atoms with Crippen LogP contribution in [0.2, 0.25) is 0 Å². The molecule has 6 nitrogen and oxygen atoms in total. The lowest BCUT2D eigenvalue weighted by atomic mass is 10.0. The van der Waals surface area contributed by atoms with Gasteiger partial charge in [0.15, 0.2) is 5.60 Å². The molecule has 0 spiro atoms. The van der Waals surface area contributed by atoms with Crippen molar-refractivity contribution in [1.82, 2.24) is 5.32 Å². The van der Waals surface area contributed by atoms with Crippen LogP contribution in [0.15, 0.2) is 66.7 Å². The van der Waals surface area contributed by atoms with Gasteiger partial charge in [0.25, 0.3) is 5.91 Å². The molecule has 0 saturated carbocycles.